The number of anilines is 2. The first-order chi connectivity index (χ1) is 9.52. The molecule has 0 saturated heterocycles. The Hall–Kier alpha value is -2.54. The molecule has 3 nitrogen and oxygen atoms in total. The number of rotatable bonds is 3. The van der Waals surface area contributed by atoms with Crippen molar-refractivity contribution in [3.63, 3.8) is 0 Å². The Balaban J connectivity index is 2.20. The molecule has 2 aromatic rings. The minimum absolute atomic E-state index is 0.167. The van der Waals surface area contributed by atoms with Crippen LogP contribution in [0, 0.1) is 31.0 Å². The predicted octanol–water partition coefficient (Wildman–Crippen LogP) is 3.51. The molecule has 0 fully saturated rings. The summed E-state index contributed by atoms with van der Waals surface area (Å²) in [5.74, 6) is -0.167. The van der Waals surface area contributed by atoms with E-state index in [1.165, 1.54) is 0 Å². The van der Waals surface area contributed by atoms with Gasteiger partial charge in [0.15, 0.2) is 0 Å². The molecule has 0 unspecified atom stereocenters. The first kappa shape index (κ1) is 13.9. The molecule has 0 radical (unpaired) electrons. The second-order valence-electron chi connectivity index (χ2n) is 4.78. The van der Waals surface area contributed by atoms with Gasteiger partial charge >= 0.3 is 0 Å². The van der Waals surface area contributed by atoms with Crippen LogP contribution in [0.2, 0.25) is 0 Å². The zero-order chi connectivity index (χ0) is 14.7. The van der Waals surface area contributed by atoms with Crippen LogP contribution in [-0.2, 0) is 6.54 Å². The van der Waals surface area contributed by atoms with Gasteiger partial charge in [0.25, 0.3) is 0 Å². The van der Waals surface area contributed by atoms with E-state index < -0.39 is 0 Å². The second kappa shape index (κ2) is 5.62. The Kier molecular flexibility index (Phi) is 3.90. The van der Waals surface area contributed by atoms with E-state index in [2.05, 4.69) is 5.32 Å². The highest BCUT2D eigenvalue weighted by molar-refractivity contribution is 5.72. The quantitative estimate of drug-likeness (QED) is 0.838. The van der Waals surface area contributed by atoms with Crippen LogP contribution in [0.3, 0.4) is 0 Å². The highest BCUT2D eigenvalue weighted by atomic mass is 19.1. The Morgan fingerprint density at radius 2 is 1.90 bits per heavy atom. The fourth-order valence-electron chi connectivity index (χ4n) is 2.15. The van der Waals surface area contributed by atoms with Gasteiger partial charge in [0.1, 0.15) is 11.9 Å². The van der Waals surface area contributed by atoms with Crippen molar-refractivity contribution in [2.75, 3.05) is 11.1 Å². The van der Waals surface area contributed by atoms with Crippen LogP contribution in [0.5, 0.6) is 0 Å². The summed E-state index contributed by atoms with van der Waals surface area (Å²) in [7, 11) is 0. The number of nitrogens with one attached hydrogen (secondary N) is 1. The number of hydrogen-bond acceptors (Lipinski definition) is 3. The molecule has 0 aliphatic carbocycles. The monoisotopic (exact) mass is 269 g/mol. The van der Waals surface area contributed by atoms with Crippen molar-refractivity contribution in [1.82, 2.24) is 0 Å². The van der Waals surface area contributed by atoms with Gasteiger partial charge in [0.05, 0.1) is 16.9 Å². The third-order valence-electron chi connectivity index (χ3n) is 3.21. The SMILES string of the molecule is Cc1cc(CNc2cccc(C#N)c2N)cc(C)c1F. The average molecular weight is 269 g/mol. The summed E-state index contributed by atoms with van der Waals surface area (Å²) in [6.45, 7) is 4.02. The Morgan fingerprint density at radius 3 is 2.50 bits per heavy atom. The van der Waals surface area contributed by atoms with Gasteiger partial charge in [0.2, 0.25) is 0 Å². The molecule has 2 aromatic carbocycles. The van der Waals surface area contributed by atoms with Crippen LogP contribution in [-0.4, -0.2) is 0 Å². The molecule has 2 rings (SSSR count). The minimum atomic E-state index is -0.167. The van der Waals surface area contributed by atoms with Gasteiger partial charge in [-0.05, 0) is 42.7 Å². The fourth-order valence-corrected chi connectivity index (χ4v) is 2.15. The van der Waals surface area contributed by atoms with Crippen molar-refractivity contribution in [2.24, 2.45) is 0 Å². The van der Waals surface area contributed by atoms with Gasteiger partial charge < -0.3 is 11.1 Å². The van der Waals surface area contributed by atoms with Crippen molar-refractivity contribution in [3.05, 3.63) is 58.4 Å². The van der Waals surface area contributed by atoms with Gasteiger partial charge in [-0.2, -0.15) is 5.26 Å². The van der Waals surface area contributed by atoms with Gasteiger partial charge in [-0.1, -0.05) is 18.2 Å². The highest BCUT2D eigenvalue weighted by Gasteiger charge is 2.06. The van der Waals surface area contributed by atoms with Gasteiger partial charge in [-0.15, -0.1) is 0 Å². The van der Waals surface area contributed by atoms with Crippen molar-refractivity contribution in [2.45, 2.75) is 20.4 Å². The van der Waals surface area contributed by atoms with E-state index in [9.17, 15) is 4.39 Å². The van der Waals surface area contributed by atoms with Gasteiger partial charge in [0, 0.05) is 6.54 Å². The van der Waals surface area contributed by atoms with Crippen molar-refractivity contribution in [1.29, 1.82) is 5.26 Å². The number of nitrogens with two attached hydrogens (primary N) is 1. The van der Waals surface area contributed by atoms with E-state index in [-0.39, 0.29) is 5.82 Å². The van der Waals surface area contributed by atoms with Gasteiger partial charge in [-0.3, -0.25) is 0 Å². The zero-order valence-corrected chi connectivity index (χ0v) is 11.5. The van der Waals surface area contributed by atoms with Gasteiger partial charge in [-0.25, -0.2) is 4.39 Å². The molecular weight excluding hydrogens is 253 g/mol. The topological polar surface area (TPSA) is 61.8 Å². The summed E-state index contributed by atoms with van der Waals surface area (Å²) in [5.41, 5.74) is 9.72. The standard InChI is InChI=1S/C16H16FN3/c1-10-6-12(7-11(2)15(10)17)9-20-14-5-3-4-13(8-18)16(14)19/h3-7,20H,9,19H2,1-2H3. The lowest BCUT2D eigenvalue weighted by molar-refractivity contribution is 0.608. The van der Waals surface area contributed by atoms with E-state index in [1.807, 2.05) is 12.1 Å². The molecule has 4 heteroatoms. The summed E-state index contributed by atoms with van der Waals surface area (Å²) in [6, 6.07) is 10.9. The largest absolute Gasteiger partial charge is 0.396 e. The summed E-state index contributed by atoms with van der Waals surface area (Å²) in [4.78, 5) is 0. The molecule has 0 atom stereocenters. The number of hydrogen-bond donors (Lipinski definition) is 2. The molecule has 0 aliphatic heterocycles. The molecule has 0 heterocycles. The lowest BCUT2D eigenvalue weighted by Crippen LogP contribution is -2.05. The Morgan fingerprint density at radius 1 is 1.25 bits per heavy atom. The average Bonchev–Trinajstić information content (AvgIpc) is 2.43. The van der Waals surface area contributed by atoms with E-state index in [1.54, 1.807) is 38.1 Å². The molecule has 102 valence electrons. The lowest BCUT2D eigenvalue weighted by atomic mass is 10.1. The first-order valence-corrected chi connectivity index (χ1v) is 6.31. The summed E-state index contributed by atoms with van der Waals surface area (Å²) >= 11 is 0. The maximum Gasteiger partial charge on any atom is 0.129 e. The second-order valence-corrected chi connectivity index (χ2v) is 4.78. The molecule has 20 heavy (non-hydrogen) atoms. The minimum Gasteiger partial charge on any atom is -0.396 e. The number of halogens is 1. The number of nitrogens with zero attached hydrogens (tertiary/aromatic N) is 1. The number of nitriles is 1. The lowest BCUT2D eigenvalue weighted by Gasteiger charge is -2.12. The van der Waals surface area contributed by atoms with E-state index >= 15 is 0 Å². The van der Waals surface area contributed by atoms with E-state index in [0.29, 0.717) is 34.6 Å². The predicted molar refractivity (Wildman–Crippen MR) is 78.8 cm³/mol. The smallest absolute Gasteiger partial charge is 0.129 e. The number of benzene rings is 2. The number of aryl methyl sites for hydroxylation is 2. The third kappa shape index (κ3) is 2.72. The molecular formula is C16H16FN3. The highest BCUT2D eigenvalue weighted by Crippen LogP contribution is 2.23. The molecule has 0 bridgehead atoms. The molecule has 3 N–H and O–H groups in total. The Labute approximate surface area is 117 Å². The van der Waals surface area contributed by atoms with Crippen LogP contribution in [0.15, 0.2) is 30.3 Å². The summed E-state index contributed by atoms with van der Waals surface area (Å²) < 4.78 is 13.6. The third-order valence-corrected chi connectivity index (χ3v) is 3.21. The molecule has 0 amide bonds. The van der Waals surface area contributed by atoms with Crippen molar-refractivity contribution in [3.8, 4) is 6.07 Å². The van der Waals surface area contributed by atoms with E-state index in [4.69, 9.17) is 11.0 Å². The van der Waals surface area contributed by atoms with Crippen LogP contribution in [0.4, 0.5) is 15.8 Å². The van der Waals surface area contributed by atoms with Crippen molar-refractivity contribution < 1.29 is 4.39 Å². The van der Waals surface area contributed by atoms with Crippen molar-refractivity contribution >= 4 is 11.4 Å². The summed E-state index contributed by atoms with van der Waals surface area (Å²) in [6.07, 6.45) is 0. The molecule has 0 saturated carbocycles. The van der Waals surface area contributed by atoms with E-state index in [0.717, 1.165) is 5.56 Å². The fraction of sp³-hybridized carbons (Fsp3) is 0.188. The first-order valence-electron chi connectivity index (χ1n) is 6.31. The normalized spacial score (nSPS) is 10.1. The number of nitrogen functional groups attached to an aromatic ring is 1. The maximum absolute atomic E-state index is 13.6. The molecule has 0 spiro atoms. The van der Waals surface area contributed by atoms with Crippen LogP contribution in [0.1, 0.15) is 22.3 Å². The zero-order valence-electron chi connectivity index (χ0n) is 11.5. The molecule has 0 aromatic heterocycles. The summed E-state index contributed by atoms with van der Waals surface area (Å²) in [5, 5.41) is 12.1. The Bertz CT molecular complexity index is 664. The van der Waals surface area contributed by atoms with Crippen LogP contribution >= 0.6 is 0 Å². The maximum atomic E-state index is 13.6. The molecule has 0 aliphatic rings. The van der Waals surface area contributed by atoms with Crippen LogP contribution in [0.25, 0.3) is 0 Å². The van der Waals surface area contributed by atoms with Crippen LogP contribution < -0.4 is 11.1 Å². The number of para-hydroxylation sites is 1.